The number of halogens is 1. The molecule has 1 aromatic carbocycles. The summed E-state index contributed by atoms with van der Waals surface area (Å²) in [6.07, 6.45) is 0.298. The van der Waals surface area contributed by atoms with Crippen LogP contribution in [0, 0.1) is 0 Å². The molecule has 1 aromatic heterocycles. The lowest BCUT2D eigenvalue weighted by atomic mass is 9.98. The van der Waals surface area contributed by atoms with Gasteiger partial charge in [0.15, 0.2) is 11.5 Å². The van der Waals surface area contributed by atoms with Crippen LogP contribution in [-0.2, 0) is 0 Å². The summed E-state index contributed by atoms with van der Waals surface area (Å²) in [5.74, 6) is 1.27. The molecule has 1 aliphatic rings. The van der Waals surface area contributed by atoms with Crippen LogP contribution >= 0.6 is 0 Å². The number of nitrogen functional groups attached to an aromatic ring is 1. The van der Waals surface area contributed by atoms with Gasteiger partial charge in [-0.3, -0.25) is 0 Å². The van der Waals surface area contributed by atoms with Gasteiger partial charge in [-0.15, -0.1) is 0 Å². The SMILES string of the molecule is CC(F)c1cc2c(cc1-c1cnoc1N)OCCO2. The Labute approximate surface area is 109 Å². The molecule has 0 spiro atoms. The lowest BCUT2D eigenvalue weighted by molar-refractivity contribution is 0.171. The van der Waals surface area contributed by atoms with Crippen LogP contribution in [0.5, 0.6) is 11.5 Å². The molecule has 19 heavy (non-hydrogen) atoms. The van der Waals surface area contributed by atoms with Gasteiger partial charge < -0.3 is 19.7 Å². The molecule has 0 saturated heterocycles. The number of rotatable bonds is 2. The molecule has 1 unspecified atom stereocenters. The molecule has 0 saturated carbocycles. The fourth-order valence-corrected chi connectivity index (χ4v) is 2.12. The first-order chi connectivity index (χ1) is 9.16. The minimum atomic E-state index is -1.17. The highest BCUT2D eigenvalue weighted by Gasteiger charge is 2.22. The third kappa shape index (κ3) is 1.99. The molecule has 2 heterocycles. The first kappa shape index (κ1) is 11.8. The standard InChI is InChI=1S/C13H13FN2O3/c1-7(14)8-4-11-12(18-3-2-17-11)5-9(8)10-6-16-19-13(10)15/h4-7H,2-3,15H2,1H3. The van der Waals surface area contributed by atoms with E-state index in [1.807, 2.05) is 0 Å². The summed E-state index contributed by atoms with van der Waals surface area (Å²) in [7, 11) is 0. The van der Waals surface area contributed by atoms with E-state index in [4.69, 9.17) is 19.7 Å². The van der Waals surface area contributed by atoms with Crippen molar-refractivity contribution in [1.82, 2.24) is 5.16 Å². The van der Waals surface area contributed by atoms with E-state index < -0.39 is 6.17 Å². The first-order valence-electron chi connectivity index (χ1n) is 5.95. The third-order valence-corrected chi connectivity index (χ3v) is 3.03. The summed E-state index contributed by atoms with van der Waals surface area (Å²) < 4.78 is 29.6. The predicted molar refractivity (Wildman–Crippen MR) is 66.9 cm³/mol. The van der Waals surface area contributed by atoms with E-state index >= 15 is 0 Å². The summed E-state index contributed by atoms with van der Waals surface area (Å²) in [6.45, 7) is 2.39. The molecule has 100 valence electrons. The number of hydrogen-bond donors (Lipinski definition) is 1. The number of alkyl halides is 1. The van der Waals surface area contributed by atoms with Crippen molar-refractivity contribution in [3.8, 4) is 22.6 Å². The maximum atomic E-state index is 13.8. The quantitative estimate of drug-likeness (QED) is 0.903. The highest BCUT2D eigenvalue weighted by atomic mass is 19.1. The predicted octanol–water partition coefficient (Wildman–Crippen LogP) is 2.73. The van der Waals surface area contributed by atoms with Crippen LogP contribution in [-0.4, -0.2) is 18.4 Å². The minimum absolute atomic E-state index is 0.151. The molecule has 1 aliphatic heterocycles. The highest BCUT2D eigenvalue weighted by Crippen LogP contribution is 2.42. The van der Waals surface area contributed by atoms with Crippen LogP contribution in [0.2, 0.25) is 0 Å². The van der Waals surface area contributed by atoms with Gasteiger partial charge in [0.25, 0.3) is 0 Å². The smallest absolute Gasteiger partial charge is 0.229 e. The molecular formula is C13H13FN2O3. The number of hydrogen-bond acceptors (Lipinski definition) is 5. The zero-order valence-corrected chi connectivity index (χ0v) is 10.4. The maximum absolute atomic E-state index is 13.8. The lowest BCUT2D eigenvalue weighted by Crippen LogP contribution is -2.15. The van der Waals surface area contributed by atoms with Gasteiger partial charge >= 0.3 is 0 Å². The van der Waals surface area contributed by atoms with E-state index in [1.165, 1.54) is 13.1 Å². The summed E-state index contributed by atoms with van der Waals surface area (Å²) >= 11 is 0. The second kappa shape index (κ2) is 4.46. The van der Waals surface area contributed by atoms with Gasteiger partial charge in [-0.2, -0.15) is 0 Å². The Bertz CT molecular complexity index is 610. The molecule has 6 heteroatoms. The number of benzene rings is 1. The molecule has 0 aliphatic carbocycles. The molecule has 0 amide bonds. The van der Waals surface area contributed by atoms with Crippen molar-refractivity contribution >= 4 is 5.88 Å². The Morgan fingerprint density at radius 3 is 2.47 bits per heavy atom. The van der Waals surface area contributed by atoms with E-state index in [9.17, 15) is 4.39 Å². The van der Waals surface area contributed by atoms with Crippen LogP contribution in [0.25, 0.3) is 11.1 Å². The second-order valence-corrected chi connectivity index (χ2v) is 4.30. The Morgan fingerprint density at radius 1 is 1.21 bits per heavy atom. The molecule has 5 nitrogen and oxygen atoms in total. The largest absolute Gasteiger partial charge is 0.486 e. The Balaban J connectivity index is 2.19. The number of anilines is 1. The van der Waals surface area contributed by atoms with Crippen molar-refractivity contribution in [2.24, 2.45) is 0 Å². The lowest BCUT2D eigenvalue weighted by Gasteiger charge is -2.21. The van der Waals surface area contributed by atoms with Gasteiger partial charge in [-0.1, -0.05) is 5.16 Å². The van der Waals surface area contributed by atoms with Gasteiger partial charge in [0.05, 0.1) is 11.8 Å². The summed E-state index contributed by atoms with van der Waals surface area (Å²) in [4.78, 5) is 0. The van der Waals surface area contributed by atoms with Crippen LogP contribution in [0.3, 0.4) is 0 Å². The van der Waals surface area contributed by atoms with E-state index in [2.05, 4.69) is 5.16 Å². The summed E-state index contributed by atoms with van der Waals surface area (Å²) in [5, 5.41) is 3.62. The van der Waals surface area contributed by atoms with E-state index in [0.717, 1.165) is 0 Å². The van der Waals surface area contributed by atoms with Crippen molar-refractivity contribution < 1.29 is 18.4 Å². The molecule has 0 bridgehead atoms. The molecule has 1 atom stereocenters. The average molecular weight is 264 g/mol. The van der Waals surface area contributed by atoms with Gasteiger partial charge in [0.1, 0.15) is 19.4 Å². The minimum Gasteiger partial charge on any atom is -0.486 e. The second-order valence-electron chi connectivity index (χ2n) is 4.30. The highest BCUT2D eigenvalue weighted by molar-refractivity contribution is 5.77. The van der Waals surface area contributed by atoms with E-state index in [1.54, 1.807) is 12.1 Å². The van der Waals surface area contributed by atoms with Crippen molar-refractivity contribution in [3.05, 3.63) is 23.9 Å². The van der Waals surface area contributed by atoms with Crippen molar-refractivity contribution in [2.75, 3.05) is 18.9 Å². The fourth-order valence-electron chi connectivity index (χ4n) is 2.12. The monoisotopic (exact) mass is 264 g/mol. The van der Waals surface area contributed by atoms with E-state index in [-0.39, 0.29) is 5.88 Å². The number of nitrogens with two attached hydrogens (primary N) is 1. The average Bonchev–Trinajstić information content (AvgIpc) is 2.83. The maximum Gasteiger partial charge on any atom is 0.229 e. The summed E-state index contributed by atoms with van der Waals surface area (Å²) in [5.41, 5.74) is 7.33. The van der Waals surface area contributed by atoms with Crippen molar-refractivity contribution in [3.63, 3.8) is 0 Å². The third-order valence-electron chi connectivity index (χ3n) is 3.03. The Morgan fingerprint density at radius 2 is 1.89 bits per heavy atom. The fraction of sp³-hybridized carbons (Fsp3) is 0.308. The van der Waals surface area contributed by atoms with Crippen LogP contribution in [0.4, 0.5) is 10.3 Å². The Kier molecular flexibility index (Phi) is 2.77. The van der Waals surface area contributed by atoms with Crippen LogP contribution in [0.15, 0.2) is 22.9 Å². The zero-order valence-electron chi connectivity index (χ0n) is 10.4. The van der Waals surface area contributed by atoms with Gasteiger partial charge in [-0.25, -0.2) is 4.39 Å². The zero-order chi connectivity index (χ0) is 13.4. The molecule has 0 fully saturated rings. The number of aromatic nitrogens is 1. The topological polar surface area (TPSA) is 70.5 Å². The molecule has 0 radical (unpaired) electrons. The van der Waals surface area contributed by atoms with Crippen LogP contribution < -0.4 is 15.2 Å². The van der Waals surface area contributed by atoms with Crippen molar-refractivity contribution in [1.29, 1.82) is 0 Å². The number of fused-ring (bicyclic) bond motifs is 1. The van der Waals surface area contributed by atoms with E-state index in [0.29, 0.717) is 41.4 Å². The number of ether oxygens (including phenoxy) is 2. The molecule has 2 aromatic rings. The molecular weight excluding hydrogens is 251 g/mol. The first-order valence-corrected chi connectivity index (χ1v) is 5.95. The van der Waals surface area contributed by atoms with Crippen LogP contribution in [0.1, 0.15) is 18.7 Å². The molecule has 2 N–H and O–H groups in total. The van der Waals surface area contributed by atoms with Gasteiger partial charge in [-0.05, 0) is 30.2 Å². The normalized spacial score (nSPS) is 15.3. The molecule has 3 rings (SSSR count). The van der Waals surface area contributed by atoms with Gasteiger partial charge in [0, 0.05) is 0 Å². The Hall–Kier alpha value is -2.24. The van der Waals surface area contributed by atoms with Crippen molar-refractivity contribution in [2.45, 2.75) is 13.1 Å². The van der Waals surface area contributed by atoms with Gasteiger partial charge in [0.2, 0.25) is 5.88 Å². The number of nitrogens with zero attached hydrogens (tertiary/aromatic N) is 1. The summed E-state index contributed by atoms with van der Waals surface area (Å²) in [6, 6.07) is 3.35.